The van der Waals surface area contributed by atoms with E-state index in [0.29, 0.717) is 28.1 Å². The highest BCUT2D eigenvalue weighted by atomic mass is 35.5. The zero-order valence-corrected chi connectivity index (χ0v) is 19.7. The summed E-state index contributed by atoms with van der Waals surface area (Å²) in [5.74, 6) is 1.00. The first-order valence-corrected chi connectivity index (χ1v) is 12.7. The van der Waals surface area contributed by atoms with Gasteiger partial charge in [0.1, 0.15) is 17.6 Å². The Morgan fingerprint density at radius 1 is 1.15 bits per heavy atom. The fourth-order valence-corrected chi connectivity index (χ4v) is 5.51. The first-order valence-electron chi connectivity index (χ1n) is 10.5. The molecule has 1 aromatic carbocycles. The Labute approximate surface area is 195 Å². The Hall–Kier alpha value is -3.05. The molecule has 2 aromatic heterocycles. The summed E-state index contributed by atoms with van der Waals surface area (Å²) in [7, 11) is -1.25. The third kappa shape index (κ3) is 4.06. The van der Waals surface area contributed by atoms with Crippen LogP contribution >= 0.6 is 11.6 Å². The predicted octanol–water partition coefficient (Wildman–Crippen LogP) is 1.50. The number of nitrogens with zero attached hydrogens (tertiary/aromatic N) is 7. The first kappa shape index (κ1) is 21.8. The average molecular weight is 488 g/mol. The summed E-state index contributed by atoms with van der Waals surface area (Å²) in [5.41, 5.74) is 2.88. The van der Waals surface area contributed by atoms with E-state index in [1.807, 2.05) is 36.9 Å². The van der Waals surface area contributed by atoms with Gasteiger partial charge >= 0.3 is 0 Å². The summed E-state index contributed by atoms with van der Waals surface area (Å²) in [6, 6.07) is 6.70. The molecule has 0 radical (unpaired) electrons. The molecule has 4 heterocycles. The van der Waals surface area contributed by atoms with Crippen molar-refractivity contribution in [2.75, 3.05) is 24.6 Å². The maximum atomic E-state index is 13.1. The molecule has 0 saturated carbocycles. The lowest BCUT2D eigenvalue weighted by atomic mass is 10.1. The van der Waals surface area contributed by atoms with Crippen molar-refractivity contribution >= 4 is 33.1 Å². The number of hydrogen-bond acceptors (Lipinski definition) is 7. The second-order valence-electron chi connectivity index (χ2n) is 8.21. The molecule has 5 rings (SSSR count). The number of carbonyl (C=O) groups excluding carboxylic acids is 1. The third-order valence-corrected chi connectivity index (χ3v) is 7.75. The fourth-order valence-electron chi connectivity index (χ4n) is 4.19. The van der Waals surface area contributed by atoms with Crippen LogP contribution in [0.3, 0.4) is 0 Å². The molecule has 0 aliphatic carbocycles. The number of amides is 1. The minimum atomic E-state index is -3.08. The van der Waals surface area contributed by atoms with Crippen LogP contribution in [0.4, 0.5) is 0 Å². The van der Waals surface area contributed by atoms with E-state index in [-0.39, 0.29) is 36.9 Å². The van der Waals surface area contributed by atoms with Crippen molar-refractivity contribution in [2.24, 2.45) is 12.0 Å². The number of benzene rings is 1. The molecule has 2 aliphatic heterocycles. The Balaban J connectivity index is 1.58. The molecule has 1 fully saturated rings. The van der Waals surface area contributed by atoms with Crippen molar-refractivity contribution in [3.8, 4) is 5.69 Å². The van der Waals surface area contributed by atoms with Crippen molar-refractivity contribution in [2.45, 2.75) is 19.4 Å². The molecule has 10 nitrogen and oxygen atoms in total. The molecule has 12 heteroatoms. The topological polar surface area (TPSA) is 115 Å². The standard InChI is InChI=1S/C21H22ClN7O3S/c1-13-24-25-21-16(11-18(30)28-7-9-33(31,32)10-8-28)23-19(14-3-5-15(22)6-4-14)20-17(29(13)21)12-27(2)26-20/h3-6,12,16H,7-11H2,1-2H3/t16-/m0/s1. The van der Waals surface area contributed by atoms with Crippen molar-refractivity contribution in [3.05, 3.63) is 58.4 Å². The van der Waals surface area contributed by atoms with Crippen LogP contribution in [0, 0.1) is 6.92 Å². The van der Waals surface area contributed by atoms with E-state index in [0.717, 1.165) is 11.3 Å². The fraction of sp³-hybridized carbons (Fsp3) is 0.381. The lowest BCUT2D eigenvalue weighted by molar-refractivity contribution is -0.131. The maximum Gasteiger partial charge on any atom is 0.225 e. The average Bonchev–Trinajstić information content (AvgIpc) is 3.30. The van der Waals surface area contributed by atoms with Gasteiger partial charge in [-0.2, -0.15) is 5.10 Å². The quantitative estimate of drug-likeness (QED) is 0.553. The molecule has 0 bridgehead atoms. The molecule has 33 heavy (non-hydrogen) atoms. The Morgan fingerprint density at radius 3 is 2.55 bits per heavy atom. The highest BCUT2D eigenvalue weighted by molar-refractivity contribution is 7.91. The number of rotatable bonds is 3. The molecule has 1 amide bonds. The van der Waals surface area contributed by atoms with Gasteiger partial charge in [-0.1, -0.05) is 23.7 Å². The zero-order valence-electron chi connectivity index (χ0n) is 18.1. The molecule has 3 aromatic rings. The highest BCUT2D eigenvalue weighted by Crippen LogP contribution is 2.32. The lowest BCUT2D eigenvalue weighted by Gasteiger charge is -2.27. The van der Waals surface area contributed by atoms with Gasteiger partial charge in [0, 0.05) is 36.9 Å². The summed E-state index contributed by atoms with van der Waals surface area (Å²) >= 11 is 6.09. The Bertz CT molecular complexity index is 1360. The number of aliphatic imine (C=N–C) groups is 1. The van der Waals surface area contributed by atoms with Crippen molar-refractivity contribution in [3.63, 3.8) is 0 Å². The summed E-state index contributed by atoms with van der Waals surface area (Å²) < 4.78 is 27.1. The van der Waals surface area contributed by atoms with E-state index in [2.05, 4.69) is 15.3 Å². The van der Waals surface area contributed by atoms with E-state index in [4.69, 9.17) is 16.6 Å². The van der Waals surface area contributed by atoms with E-state index < -0.39 is 15.9 Å². The monoisotopic (exact) mass is 487 g/mol. The largest absolute Gasteiger partial charge is 0.341 e. The Morgan fingerprint density at radius 2 is 1.85 bits per heavy atom. The Kier molecular flexibility index (Phi) is 5.32. The van der Waals surface area contributed by atoms with Gasteiger partial charge in [0.25, 0.3) is 0 Å². The number of fused-ring (bicyclic) bond motifs is 3. The van der Waals surface area contributed by atoms with E-state index in [1.165, 1.54) is 0 Å². The summed E-state index contributed by atoms with van der Waals surface area (Å²) in [6.45, 7) is 2.22. The van der Waals surface area contributed by atoms with E-state index >= 15 is 0 Å². The maximum absolute atomic E-state index is 13.1. The second-order valence-corrected chi connectivity index (χ2v) is 11.0. The van der Waals surface area contributed by atoms with Crippen molar-refractivity contribution in [1.82, 2.24) is 29.4 Å². The van der Waals surface area contributed by atoms with Crippen LogP contribution in [0.2, 0.25) is 5.02 Å². The molecule has 1 saturated heterocycles. The van der Waals surface area contributed by atoms with Crippen molar-refractivity contribution < 1.29 is 13.2 Å². The van der Waals surface area contributed by atoms with Gasteiger partial charge in [0.15, 0.2) is 15.7 Å². The summed E-state index contributed by atoms with van der Waals surface area (Å²) in [5, 5.41) is 13.8. The van der Waals surface area contributed by atoms with Gasteiger partial charge in [-0.15, -0.1) is 10.2 Å². The number of hydrogen-bond donors (Lipinski definition) is 0. The third-order valence-electron chi connectivity index (χ3n) is 5.89. The van der Waals surface area contributed by atoms with Crippen LogP contribution in [0.25, 0.3) is 5.69 Å². The molecule has 0 spiro atoms. The van der Waals surface area contributed by atoms with Gasteiger partial charge in [0.05, 0.1) is 29.3 Å². The molecular formula is C21H22ClN7O3S. The van der Waals surface area contributed by atoms with Crippen LogP contribution in [-0.2, 0) is 21.7 Å². The van der Waals surface area contributed by atoms with Gasteiger partial charge in [-0.3, -0.25) is 19.0 Å². The van der Waals surface area contributed by atoms with Crippen molar-refractivity contribution in [1.29, 1.82) is 0 Å². The van der Waals surface area contributed by atoms with E-state index in [1.54, 1.807) is 21.7 Å². The SMILES string of the molecule is Cc1nnc2n1-c1cn(C)nc1C(c1ccc(Cl)cc1)=N[C@H]2CC(=O)N1CCS(=O)(=O)CC1. The molecule has 172 valence electrons. The number of carbonyl (C=O) groups is 1. The predicted molar refractivity (Wildman–Crippen MR) is 123 cm³/mol. The molecule has 2 aliphatic rings. The minimum absolute atomic E-state index is 0.0198. The molecule has 1 atom stereocenters. The van der Waals surface area contributed by atoms with Gasteiger partial charge in [0.2, 0.25) is 5.91 Å². The summed E-state index contributed by atoms with van der Waals surface area (Å²) in [6.07, 6.45) is 1.92. The van der Waals surface area contributed by atoms with E-state index in [9.17, 15) is 13.2 Å². The van der Waals surface area contributed by atoms with Crippen LogP contribution in [0.5, 0.6) is 0 Å². The van der Waals surface area contributed by atoms with Crippen LogP contribution < -0.4 is 0 Å². The number of sulfone groups is 1. The number of aryl methyl sites for hydroxylation is 2. The van der Waals surface area contributed by atoms with Crippen LogP contribution in [-0.4, -0.2) is 74.1 Å². The number of aromatic nitrogens is 5. The minimum Gasteiger partial charge on any atom is -0.341 e. The molecule has 0 unspecified atom stereocenters. The lowest BCUT2D eigenvalue weighted by Crippen LogP contribution is -2.44. The summed E-state index contributed by atoms with van der Waals surface area (Å²) in [4.78, 5) is 19.7. The molecular weight excluding hydrogens is 466 g/mol. The highest BCUT2D eigenvalue weighted by Gasteiger charge is 2.33. The normalized spacial score (nSPS) is 19.4. The van der Waals surface area contributed by atoms with Gasteiger partial charge in [-0.25, -0.2) is 8.42 Å². The van der Waals surface area contributed by atoms with Gasteiger partial charge < -0.3 is 4.90 Å². The van der Waals surface area contributed by atoms with Gasteiger partial charge in [-0.05, 0) is 19.1 Å². The van der Waals surface area contributed by atoms with Crippen LogP contribution in [0.1, 0.15) is 35.4 Å². The number of halogens is 1. The second kappa shape index (κ2) is 8.07. The molecule has 0 N–H and O–H groups in total. The first-order chi connectivity index (χ1) is 15.7. The zero-order chi connectivity index (χ0) is 23.3. The smallest absolute Gasteiger partial charge is 0.225 e. The van der Waals surface area contributed by atoms with Crippen LogP contribution in [0.15, 0.2) is 35.5 Å².